The van der Waals surface area contributed by atoms with Crippen LogP contribution >= 0.6 is 46.0 Å². The second-order valence-corrected chi connectivity index (χ2v) is 9.93. The molecular weight excluding hydrogens is 468 g/mol. The van der Waals surface area contributed by atoms with E-state index >= 15 is 0 Å². The van der Waals surface area contributed by atoms with Gasteiger partial charge in [0, 0.05) is 32.8 Å². The maximum atomic E-state index is 12.5. The minimum atomic E-state index is -0.201. The summed E-state index contributed by atoms with van der Waals surface area (Å²) in [7, 11) is 0. The van der Waals surface area contributed by atoms with E-state index in [0.717, 1.165) is 30.9 Å². The van der Waals surface area contributed by atoms with Gasteiger partial charge < -0.3 is 11.1 Å². The Balaban J connectivity index is 1.58. The number of rotatable bonds is 6. The predicted molar refractivity (Wildman–Crippen MR) is 133 cm³/mol. The zero-order valence-electron chi connectivity index (χ0n) is 16.3. The molecule has 5 nitrogen and oxygen atoms in total. The molecule has 0 atom stereocenters. The molecule has 0 saturated carbocycles. The first-order valence-corrected chi connectivity index (χ1v) is 12.4. The number of anilines is 1. The van der Waals surface area contributed by atoms with E-state index in [4.69, 9.17) is 27.7 Å². The molecule has 0 aliphatic carbocycles. The number of nitrogens with one attached hydrogen (secondary N) is 2. The molecule has 2 aromatic carbocycles. The largest absolute Gasteiger partial charge is 0.383 e. The van der Waals surface area contributed by atoms with Gasteiger partial charge in [0.25, 0.3) is 5.91 Å². The number of thioether (sulfide) groups is 1. The number of nitrogen functional groups attached to an aromatic ring is 1. The van der Waals surface area contributed by atoms with E-state index in [1.54, 1.807) is 47.4 Å². The summed E-state index contributed by atoms with van der Waals surface area (Å²) in [5.41, 5.74) is 9.60. The van der Waals surface area contributed by atoms with Crippen molar-refractivity contribution in [3.8, 4) is 21.8 Å². The Hall–Kier alpha value is -2.65. The predicted octanol–water partition coefficient (Wildman–Crippen LogP) is 6.45. The lowest BCUT2D eigenvalue weighted by Crippen LogP contribution is -2.11. The maximum absolute atomic E-state index is 12.5. The van der Waals surface area contributed by atoms with Gasteiger partial charge in [-0.3, -0.25) is 10.2 Å². The molecule has 2 aromatic heterocycles. The fraction of sp³-hybridized carbons (Fsp3) is 0.0455. The van der Waals surface area contributed by atoms with Gasteiger partial charge in [0.05, 0.1) is 14.8 Å². The summed E-state index contributed by atoms with van der Waals surface area (Å²) in [4.78, 5) is 18.0. The number of nitrogens with zero attached hydrogens (tertiary/aromatic N) is 1. The van der Waals surface area contributed by atoms with Gasteiger partial charge in [-0.2, -0.15) is 0 Å². The third-order valence-corrected chi connectivity index (χ3v) is 7.84. The van der Waals surface area contributed by atoms with Crippen molar-refractivity contribution in [3.05, 3.63) is 75.4 Å². The van der Waals surface area contributed by atoms with Crippen LogP contribution in [-0.4, -0.2) is 23.0 Å². The average molecular weight is 485 g/mol. The van der Waals surface area contributed by atoms with Crippen molar-refractivity contribution in [3.63, 3.8) is 0 Å². The number of nitrogens with two attached hydrogens (primary N) is 1. The third-order valence-electron chi connectivity index (χ3n) is 4.41. The van der Waals surface area contributed by atoms with Crippen molar-refractivity contribution >= 4 is 63.5 Å². The zero-order valence-corrected chi connectivity index (χ0v) is 19.5. The number of carbonyl (C=O) groups is 1. The van der Waals surface area contributed by atoms with Gasteiger partial charge in [0.15, 0.2) is 0 Å². The van der Waals surface area contributed by atoms with Crippen LogP contribution in [0, 0.1) is 5.41 Å². The molecule has 4 N–H and O–H groups in total. The van der Waals surface area contributed by atoms with Gasteiger partial charge >= 0.3 is 0 Å². The van der Waals surface area contributed by atoms with Gasteiger partial charge in [0.1, 0.15) is 10.8 Å². The van der Waals surface area contributed by atoms with E-state index in [1.165, 1.54) is 11.3 Å². The van der Waals surface area contributed by atoms with Crippen LogP contribution in [0.15, 0.2) is 64.2 Å². The number of hydrogen-bond donors (Lipinski definition) is 3. The molecule has 0 bridgehead atoms. The van der Waals surface area contributed by atoms with E-state index in [1.807, 2.05) is 42.0 Å². The highest BCUT2D eigenvalue weighted by Crippen LogP contribution is 2.40. The lowest BCUT2D eigenvalue weighted by atomic mass is 10.1. The Labute approximate surface area is 196 Å². The van der Waals surface area contributed by atoms with E-state index in [9.17, 15) is 4.79 Å². The van der Waals surface area contributed by atoms with Gasteiger partial charge in [-0.1, -0.05) is 23.7 Å². The second-order valence-electron chi connectivity index (χ2n) is 6.51. The van der Waals surface area contributed by atoms with Crippen LogP contribution in [0.2, 0.25) is 5.02 Å². The molecule has 0 fully saturated rings. The van der Waals surface area contributed by atoms with Crippen molar-refractivity contribution in [1.82, 2.24) is 4.98 Å². The first-order chi connectivity index (χ1) is 14.9. The summed E-state index contributed by atoms with van der Waals surface area (Å²) in [5, 5.41) is 14.1. The van der Waals surface area contributed by atoms with E-state index in [-0.39, 0.29) is 11.7 Å². The number of amidine groups is 1. The van der Waals surface area contributed by atoms with Crippen LogP contribution in [-0.2, 0) is 0 Å². The quantitative estimate of drug-likeness (QED) is 0.166. The van der Waals surface area contributed by atoms with Crippen molar-refractivity contribution in [2.75, 3.05) is 11.6 Å². The first-order valence-electron chi connectivity index (χ1n) is 9.10. The SMILES string of the molecule is CSc1sc(C(=N)N)cc1-c1nc(-c2cccc(NC(=O)c3ccc(Cl)cc3)c2)cs1. The molecule has 2 heterocycles. The number of benzene rings is 2. The van der Waals surface area contributed by atoms with Crippen LogP contribution in [0.4, 0.5) is 5.69 Å². The molecule has 156 valence electrons. The van der Waals surface area contributed by atoms with Crippen molar-refractivity contribution < 1.29 is 4.79 Å². The summed E-state index contributed by atoms with van der Waals surface area (Å²) in [5.74, 6) is -0.139. The summed E-state index contributed by atoms with van der Waals surface area (Å²) >= 11 is 10.6. The monoisotopic (exact) mass is 484 g/mol. The Morgan fingerprint density at radius 3 is 2.68 bits per heavy atom. The average Bonchev–Trinajstić information content (AvgIpc) is 3.41. The maximum Gasteiger partial charge on any atom is 0.255 e. The normalized spacial score (nSPS) is 10.8. The standard InChI is InChI=1S/C22H17ClN4OS3/c1-29-22-16(10-18(31-22)19(24)25)21-27-17(11-30-21)13-3-2-4-15(9-13)26-20(28)12-5-7-14(23)8-6-12/h2-11H,1H3,(H3,24,25)(H,26,28). The van der Waals surface area contributed by atoms with Gasteiger partial charge in [0.2, 0.25) is 0 Å². The Morgan fingerprint density at radius 2 is 1.97 bits per heavy atom. The van der Waals surface area contributed by atoms with E-state index in [2.05, 4.69) is 5.32 Å². The summed E-state index contributed by atoms with van der Waals surface area (Å²) in [6.45, 7) is 0. The Morgan fingerprint density at radius 1 is 1.19 bits per heavy atom. The third kappa shape index (κ3) is 4.83. The molecule has 0 aliphatic rings. The zero-order chi connectivity index (χ0) is 22.0. The summed E-state index contributed by atoms with van der Waals surface area (Å²) < 4.78 is 1.08. The molecule has 4 rings (SSSR count). The van der Waals surface area contributed by atoms with E-state index in [0.29, 0.717) is 16.3 Å². The second kappa shape index (κ2) is 9.23. The van der Waals surface area contributed by atoms with Gasteiger partial charge in [-0.05, 0) is 48.7 Å². The number of aromatic nitrogens is 1. The number of carbonyl (C=O) groups excluding carboxylic acids is 1. The topological polar surface area (TPSA) is 91.9 Å². The fourth-order valence-corrected chi connectivity index (χ4v) is 5.74. The van der Waals surface area contributed by atoms with Crippen LogP contribution in [0.25, 0.3) is 21.8 Å². The molecule has 0 radical (unpaired) electrons. The first kappa shape index (κ1) is 21.6. The Kier molecular flexibility index (Phi) is 6.43. The number of thiophene rings is 1. The fourth-order valence-electron chi connectivity index (χ4n) is 2.90. The molecular formula is C22H17ClN4OS3. The number of amides is 1. The molecule has 0 saturated heterocycles. The highest BCUT2D eigenvalue weighted by molar-refractivity contribution is 8.00. The molecule has 4 aromatic rings. The van der Waals surface area contributed by atoms with Crippen LogP contribution in [0.5, 0.6) is 0 Å². The molecule has 1 amide bonds. The molecule has 0 spiro atoms. The lowest BCUT2D eigenvalue weighted by molar-refractivity contribution is 0.102. The number of hydrogen-bond acceptors (Lipinski definition) is 6. The van der Waals surface area contributed by atoms with Crippen molar-refractivity contribution in [2.45, 2.75) is 4.21 Å². The summed E-state index contributed by atoms with van der Waals surface area (Å²) in [6.07, 6.45) is 2.00. The molecule has 31 heavy (non-hydrogen) atoms. The minimum Gasteiger partial charge on any atom is -0.383 e. The van der Waals surface area contributed by atoms with E-state index < -0.39 is 0 Å². The van der Waals surface area contributed by atoms with Crippen LogP contribution in [0.1, 0.15) is 15.2 Å². The van der Waals surface area contributed by atoms with Crippen molar-refractivity contribution in [2.24, 2.45) is 5.73 Å². The number of halogens is 1. The minimum absolute atomic E-state index is 0.0625. The van der Waals surface area contributed by atoms with Gasteiger partial charge in [-0.25, -0.2) is 4.98 Å². The van der Waals surface area contributed by atoms with Gasteiger partial charge in [-0.15, -0.1) is 34.4 Å². The highest BCUT2D eigenvalue weighted by atomic mass is 35.5. The molecule has 0 aliphatic heterocycles. The molecule has 9 heteroatoms. The lowest BCUT2D eigenvalue weighted by Gasteiger charge is -2.07. The smallest absolute Gasteiger partial charge is 0.255 e. The molecule has 0 unspecified atom stereocenters. The number of thiazole rings is 1. The Bertz CT molecular complexity index is 1260. The van der Waals surface area contributed by atoms with Crippen LogP contribution < -0.4 is 11.1 Å². The highest BCUT2D eigenvalue weighted by Gasteiger charge is 2.16. The van der Waals surface area contributed by atoms with Crippen molar-refractivity contribution in [1.29, 1.82) is 5.41 Å². The van der Waals surface area contributed by atoms with Crippen LogP contribution in [0.3, 0.4) is 0 Å². The summed E-state index contributed by atoms with van der Waals surface area (Å²) in [6, 6.07) is 16.3.